The number of alkyl halides is 2. The first-order valence-corrected chi connectivity index (χ1v) is 16.8. The van der Waals surface area contributed by atoms with E-state index in [0.717, 1.165) is 23.1 Å². The number of phenols is 1. The zero-order valence-electron chi connectivity index (χ0n) is 27.9. The maximum Gasteiger partial charge on any atom is 0.301 e. The molecule has 7 rings (SSSR count). The average Bonchev–Trinajstić information content (AvgIpc) is 3.47. The maximum atomic E-state index is 15.2. The summed E-state index contributed by atoms with van der Waals surface area (Å²) < 4.78 is 73.4. The second-order valence-corrected chi connectivity index (χ2v) is 14.7. The minimum atomic E-state index is -2.88. The highest BCUT2D eigenvalue weighted by atomic mass is 35.5. The molecule has 6 unspecified atom stereocenters. The number of anilines is 3. The number of aromatic hydroxyl groups is 1. The molecule has 0 bridgehead atoms. The van der Waals surface area contributed by atoms with Crippen molar-refractivity contribution in [1.29, 1.82) is 0 Å². The normalized spacial score (nSPS) is 27.2. The Morgan fingerprint density at radius 2 is 1.36 bits per heavy atom. The number of hydrogen-bond acceptors (Lipinski definition) is 10. The SMILES string of the molecule is CN(C)c1c([N+](=O)[O-])cc(N2C(=O)C3CC=C4C(CC5(Cl)C(=O)N(c6c(F)c(F)c(F)c(F)c6F)C(=O)C5(Cl)C4c4ccccc4O)C3C2=O)cc1[N+](=O)[O-]. The Bertz CT molecular complexity index is 2320. The van der Waals surface area contributed by atoms with E-state index in [4.69, 9.17) is 23.2 Å². The highest BCUT2D eigenvalue weighted by molar-refractivity contribution is 6.58. The Labute approximate surface area is 314 Å². The number of allylic oxidation sites excluding steroid dienone is 2. The Morgan fingerprint density at radius 3 is 1.89 bits per heavy atom. The second kappa shape index (κ2) is 12.4. The van der Waals surface area contributed by atoms with Crippen molar-refractivity contribution in [1.82, 2.24) is 0 Å². The molecular weight excluding hydrogens is 788 g/mol. The molecule has 0 aromatic heterocycles. The summed E-state index contributed by atoms with van der Waals surface area (Å²) in [7, 11) is 2.60. The lowest BCUT2D eigenvalue weighted by Crippen LogP contribution is -2.60. The highest BCUT2D eigenvalue weighted by Gasteiger charge is 2.77. The maximum absolute atomic E-state index is 15.2. The minimum Gasteiger partial charge on any atom is -0.508 e. The lowest BCUT2D eigenvalue weighted by molar-refractivity contribution is -0.392. The predicted molar refractivity (Wildman–Crippen MR) is 181 cm³/mol. The number of para-hydroxylation sites is 1. The summed E-state index contributed by atoms with van der Waals surface area (Å²) in [6, 6.07) is 6.71. The topological polar surface area (TPSA) is 185 Å². The van der Waals surface area contributed by atoms with Crippen LogP contribution >= 0.6 is 23.2 Å². The number of benzene rings is 3. The van der Waals surface area contributed by atoms with Crippen molar-refractivity contribution < 1.29 is 56.1 Å². The van der Waals surface area contributed by atoms with Crippen LogP contribution in [0.4, 0.5) is 50.4 Å². The monoisotopic (exact) mass is 809 g/mol. The van der Waals surface area contributed by atoms with Gasteiger partial charge in [-0.25, -0.2) is 31.8 Å². The molecule has 0 radical (unpaired) electrons. The van der Waals surface area contributed by atoms with Crippen molar-refractivity contribution in [2.45, 2.75) is 28.5 Å². The van der Waals surface area contributed by atoms with Crippen LogP contribution in [0.3, 0.4) is 0 Å². The van der Waals surface area contributed by atoms with Crippen molar-refractivity contribution in [2.75, 3.05) is 28.8 Å². The highest BCUT2D eigenvalue weighted by Crippen LogP contribution is 2.67. The van der Waals surface area contributed by atoms with Crippen LogP contribution in [-0.2, 0) is 19.2 Å². The molecule has 2 aliphatic heterocycles. The van der Waals surface area contributed by atoms with Gasteiger partial charge in [0.15, 0.2) is 38.7 Å². The Kier molecular flexibility index (Phi) is 8.49. The van der Waals surface area contributed by atoms with Crippen molar-refractivity contribution in [2.24, 2.45) is 17.8 Å². The van der Waals surface area contributed by atoms with Crippen molar-refractivity contribution in [3.8, 4) is 5.75 Å². The summed E-state index contributed by atoms with van der Waals surface area (Å²) in [5, 5.41) is 35.2. The molecule has 4 aliphatic rings. The molecule has 21 heteroatoms. The Balaban J connectivity index is 1.41. The number of amides is 4. The third-order valence-electron chi connectivity index (χ3n) is 10.6. The molecule has 0 spiro atoms. The summed E-state index contributed by atoms with van der Waals surface area (Å²) in [6.07, 6.45) is 0.211. The van der Waals surface area contributed by atoms with Gasteiger partial charge in [0.25, 0.3) is 11.8 Å². The number of carbonyl (C=O) groups is 4. The number of nitro groups is 2. The van der Waals surface area contributed by atoms with E-state index in [-0.39, 0.29) is 22.5 Å². The van der Waals surface area contributed by atoms with E-state index in [9.17, 15) is 57.7 Å². The van der Waals surface area contributed by atoms with Crippen LogP contribution in [0.15, 0.2) is 48.0 Å². The molecule has 1 N–H and O–H groups in total. The van der Waals surface area contributed by atoms with Gasteiger partial charge in [0.1, 0.15) is 11.4 Å². The summed E-state index contributed by atoms with van der Waals surface area (Å²) in [5.41, 5.74) is -4.79. The van der Waals surface area contributed by atoms with Crippen molar-refractivity contribution in [3.63, 3.8) is 0 Å². The summed E-state index contributed by atoms with van der Waals surface area (Å²) >= 11 is 14.1. The van der Waals surface area contributed by atoms with Gasteiger partial charge in [-0.1, -0.05) is 29.8 Å². The first-order valence-electron chi connectivity index (χ1n) is 16.0. The van der Waals surface area contributed by atoms with E-state index < -0.39 is 137 Å². The fourth-order valence-electron chi connectivity index (χ4n) is 8.35. The quantitative estimate of drug-likeness (QED) is 0.0471. The molecule has 3 fully saturated rings. The van der Waals surface area contributed by atoms with Crippen LogP contribution < -0.4 is 14.7 Å². The molecule has 55 heavy (non-hydrogen) atoms. The minimum absolute atomic E-state index is 0.0253. The molecule has 4 amide bonds. The molecule has 2 heterocycles. The van der Waals surface area contributed by atoms with Gasteiger partial charge in [0.2, 0.25) is 17.6 Å². The third-order valence-corrected chi connectivity index (χ3v) is 12.0. The van der Waals surface area contributed by atoms with Crippen LogP contribution in [0, 0.1) is 67.1 Å². The van der Waals surface area contributed by atoms with Gasteiger partial charge in [-0.15, -0.1) is 23.2 Å². The first-order chi connectivity index (χ1) is 25.7. The molecule has 14 nitrogen and oxygen atoms in total. The number of halogens is 7. The van der Waals surface area contributed by atoms with Crippen molar-refractivity contribution in [3.05, 3.63) is 103 Å². The van der Waals surface area contributed by atoms with E-state index >= 15 is 8.78 Å². The van der Waals surface area contributed by atoms with Crippen LogP contribution in [0.5, 0.6) is 5.75 Å². The average molecular weight is 810 g/mol. The number of imide groups is 2. The van der Waals surface area contributed by atoms with E-state index in [0.29, 0.717) is 4.90 Å². The second-order valence-electron chi connectivity index (χ2n) is 13.5. The molecule has 3 aromatic rings. The summed E-state index contributed by atoms with van der Waals surface area (Å²) in [4.78, 5) is 74.8. The van der Waals surface area contributed by atoms with Crippen LogP contribution in [0.25, 0.3) is 0 Å². The van der Waals surface area contributed by atoms with Crippen LogP contribution in [0.1, 0.15) is 24.3 Å². The van der Waals surface area contributed by atoms with Gasteiger partial charge in [-0.3, -0.25) is 39.4 Å². The Morgan fingerprint density at radius 1 is 0.818 bits per heavy atom. The zero-order chi connectivity index (χ0) is 40.4. The predicted octanol–water partition coefficient (Wildman–Crippen LogP) is 5.74. The van der Waals surface area contributed by atoms with E-state index in [1.165, 1.54) is 38.4 Å². The summed E-state index contributed by atoms with van der Waals surface area (Å²) in [5.74, 6) is -24.8. The number of nitro benzene ring substituents is 2. The van der Waals surface area contributed by atoms with Gasteiger partial charge in [-0.2, -0.15) is 0 Å². The largest absolute Gasteiger partial charge is 0.508 e. The van der Waals surface area contributed by atoms with Crippen LogP contribution in [-0.4, -0.2) is 62.4 Å². The molecular formula is C34H22Cl2F5N5O9. The van der Waals surface area contributed by atoms with Gasteiger partial charge >= 0.3 is 11.4 Å². The fraction of sp³-hybridized carbons (Fsp3) is 0.294. The van der Waals surface area contributed by atoms with Crippen molar-refractivity contribution >= 4 is 75.3 Å². The first kappa shape index (κ1) is 37.6. The Hall–Kier alpha value is -5.69. The third kappa shape index (κ3) is 4.84. The number of hydrogen-bond donors (Lipinski definition) is 1. The number of phenolic OH excluding ortho intramolecular Hbond substituents is 1. The number of rotatable bonds is 6. The lowest BCUT2D eigenvalue weighted by Gasteiger charge is -2.50. The summed E-state index contributed by atoms with van der Waals surface area (Å²) in [6.45, 7) is 0. The van der Waals surface area contributed by atoms with Gasteiger partial charge in [0.05, 0.1) is 27.4 Å². The van der Waals surface area contributed by atoms with E-state index in [1.807, 2.05) is 0 Å². The molecule has 2 aliphatic carbocycles. The molecule has 6 atom stereocenters. The number of fused-ring (bicyclic) bond motifs is 4. The number of carbonyl (C=O) groups excluding carboxylic acids is 4. The molecule has 1 saturated carbocycles. The molecule has 2 saturated heterocycles. The molecule has 286 valence electrons. The lowest BCUT2D eigenvalue weighted by atomic mass is 9.56. The van der Waals surface area contributed by atoms with Crippen LogP contribution in [0.2, 0.25) is 0 Å². The van der Waals surface area contributed by atoms with E-state index in [1.54, 1.807) is 0 Å². The fourth-order valence-corrected chi connectivity index (χ4v) is 9.28. The smallest absolute Gasteiger partial charge is 0.301 e. The van der Waals surface area contributed by atoms with Gasteiger partial charge in [0, 0.05) is 37.7 Å². The van der Waals surface area contributed by atoms with Gasteiger partial charge in [-0.05, 0) is 24.8 Å². The van der Waals surface area contributed by atoms with E-state index in [2.05, 4.69) is 0 Å². The zero-order valence-corrected chi connectivity index (χ0v) is 29.4. The standard InChI is InChI=1S/C34H22Cl2F5N5O9/c1-42(2)27-17(45(52)53)9-12(10-18(27)46(54)55)43-29(48)15-8-7-13-16(20(15)30(43)49)11-33(35)31(50)44(28-25(40)23(38)22(37)24(39)26(28)41)32(51)34(33,36)21(13)14-5-3-4-6-19(14)47/h3-7,9-10,15-16,20-21,47H,8,11H2,1-2H3. The van der Waals surface area contributed by atoms with Gasteiger partial charge < -0.3 is 10.0 Å². The molecule has 3 aromatic carbocycles. The number of nitrogens with zero attached hydrogens (tertiary/aromatic N) is 5.